The molecule has 0 fully saturated rings. The first-order chi connectivity index (χ1) is 11.1. The first-order valence-electron chi connectivity index (χ1n) is 7.66. The second-order valence-corrected chi connectivity index (χ2v) is 5.70. The van der Waals surface area contributed by atoms with Gasteiger partial charge in [-0.2, -0.15) is 0 Å². The van der Waals surface area contributed by atoms with Crippen molar-refractivity contribution >= 4 is 0 Å². The molecule has 0 saturated heterocycles. The monoisotopic (exact) mass is 315 g/mol. The highest BCUT2D eigenvalue weighted by molar-refractivity contribution is 5.79. The summed E-state index contributed by atoms with van der Waals surface area (Å²) in [7, 11) is 7.38. The molecule has 23 heavy (non-hydrogen) atoms. The fraction of sp³-hybridized carbons (Fsp3) is 0.368. The second-order valence-electron chi connectivity index (χ2n) is 5.70. The average molecular weight is 315 g/mol. The molecule has 0 aliphatic rings. The highest BCUT2D eigenvalue weighted by Crippen LogP contribution is 2.42. The number of methoxy groups -OCH3 is 2. The van der Waals surface area contributed by atoms with E-state index in [1.54, 1.807) is 14.2 Å². The summed E-state index contributed by atoms with van der Waals surface area (Å²) in [5, 5.41) is 0. The molecule has 4 nitrogen and oxygen atoms in total. The van der Waals surface area contributed by atoms with E-state index in [4.69, 9.17) is 14.2 Å². The van der Waals surface area contributed by atoms with Crippen molar-refractivity contribution in [3.05, 3.63) is 42.0 Å². The van der Waals surface area contributed by atoms with Crippen LogP contribution in [0.15, 0.2) is 36.4 Å². The van der Waals surface area contributed by atoms with Gasteiger partial charge < -0.3 is 19.1 Å². The standard InChI is InChI=1S/C19H25NO3/c1-14-12-16(19(22-5)18(13-14)21-4)15-8-6-7-9-17(15)23-11-10-20(2)3/h6-9,12-13H,10-11H2,1-5H3. The van der Waals surface area contributed by atoms with E-state index in [-0.39, 0.29) is 0 Å². The fourth-order valence-electron chi connectivity index (χ4n) is 2.46. The normalized spacial score (nSPS) is 10.7. The number of likely N-dealkylation sites (N-methyl/N-ethyl adjacent to an activating group) is 1. The van der Waals surface area contributed by atoms with Gasteiger partial charge in [0, 0.05) is 17.7 Å². The van der Waals surface area contributed by atoms with Crippen LogP contribution in [0.2, 0.25) is 0 Å². The predicted molar refractivity (Wildman–Crippen MR) is 93.8 cm³/mol. The highest BCUT2D eigenvalue weighted by Gasteiger charge is 2.16. The minimum atomic E-state index is 0.634. The molecule has 0 aliphatic carbocycles. The van der Waals surface area contributed by atoms with Gasteiger partial charge in [0.05, 0.1) is 14.2 Å². The molecule has 0 saturated carbocycles. The molecule has 4 heteroatoms. The van der Waals surface area contributed by atoms with Gasteiger partial charge in [-0.1, -0.05) is 18.2 Å². The SMILES string of the molecule is COc1cc(C)cc(-c2ccccc2OCCN(C)C)c1OC. The lowest BCUT2D eigenvalue weighted by Gasteiger charge is -2.18. The van der Waals surface area contributed by atoms with Crippen LogP contribution in [0.1, 0.15) is 5.56 Å². The summed E-state index contributed by atoms with van der Waals surface area (Å²) in [6, 6.07) is 12.1. The van der Waals surface area contributed by atoms with Gasteiger partial charge in [0.2, 0.25) is 0 Å². The Bertz CT molecular complexity index is 653. The van der Waals surface area contributed by atoms with E-state index in [9.17, 15) is 0 Å². The van der Waals surface area contributed by atoms with Crippen molar-refractivity contribution in [1.82, 2.24) is 4.90 Å². The smallest absolute Gasteiger partial charge is 0.168 e. The van der Waals surface area contributed by atoms with Gasteiger partial charge in [0.25, 0.3) is 0 Å². The molecule has 0 N–H and O–H groups in total. The summed E-state index contributed by atoms with van der Waals surface area (Å²) in [6.07, 6.45) is 0. The van der Waals surface area contributed by atoms with Crippen LogP contribution in [0.3, 0.4) is 0 Å². The number of hydrogen-bond donors (Lipinski definition) is 0. The largest absolute Gasteiger partial charge is 0.493 e. The first-order valence-corrected chi connectivity index (χ1v) is 7.66. The lowest BCUT2D eigenvalue weighted by Crippen LogP contribution is -2.19. The van der Waals surface area contributed by atoms with Crippen LogP contribution in [0, 0.1) is 6.92 Å². The van der Waals surface area contributed by atoms with Gasteiger partial charge in [-0.3, -0.25) is 0 Å². The Kier molecular flexibility index (Phi) is 5.88. The molecule has 0 heterocycles. The molecule has 2 aromatic rings. The zero-order valence-corrected chi connectivity index (χ0v) is 14.6. The lowest BCUT2D eigenvalue weighted by molar-refractivity contribution is 0.262. The van der Waals surface area contributed by atoms with Gasteiger partial charge in [-0.05, 0) is 44.8 Å². The molecule has 0 amide bonds. The van der Waals surface area contributed by atoms with Crippen LogP contribution in [0.4, 0.5) is 0 Å². The van der Waals surface area contributed by atoms with Crippen LogP contribution in [-0.2, 0) is 0 Å². The third-order valence-corrected chi connectivity index (χ3v) is 3.60. The topological polar surface area (TPSA) is 30.9 Å². The molecule has 0 spiro atoms. The summed E-state index contributed by atoms with van der Waals surface area (Å²) in [5.74, 6) is 2.30. The molecule has 0 atom stereocenters. The van der Waals surface area contributed by atoms with E-state index in [0.717, 1.165) is 40.5 Å². The number of aryl methyl sites for hydroxylation is 1. The Labute approximate surface area is 138 Å². The molecule has 2 aromatic carbocycles. The molecule has 0 aromatic heterocycles. The number of ether oxygens (including phenoxy) is 3. The predicted octanol–water partition coefficient (Wildman–Crippen LogP) is 3.62. The highest BCUT2D eigenvalue weighted by atomic mass is 16.5. The lowest BCUT2D eigenvalue weighted by atomic mass is 10.0. The van der Waals surface area contributed by atoms with Crippen LogP contribution in [-0.4, -0.2) is 46.4 Å². The minimum Gasteiger partial charge on any atom is -0.493 e. The average Bonchev–Trinajstić information content (AvgIpc) is 2.54. The van der Waals surface area contributed by atoms with Crippen molar-refractivity contribution in [3.63, 3.8) is 0 Å². The summed E-state index contributed by atoms with van der Waals surface area (Å²) < 4.78 is 17.0. The molecule has 2 rings (SSSR count). The molecule has 124 valence electrons. The van der Waals surface area contributed by atoms with Gasteiger partial charge in [0.15, 0.2) is 11.5 Å². The van der Waals surface area contributed by atoms with Gasteiger partial charge in [-0.25, -0.2) is 0 Å². The minimum absolute atomic E-state index is 0.634. The molecule has 0 bridgehead atoms. The number of rotatable bonds is 7. The van der Waals surface area contributed by atoms with Crippen LogP contribution in [0.25, 0.3) is 11.1 Å². The Morgan fingerprint density at radius 1 is 0.913 bits per heavy atom. The Hall–Kier alpha value is -2.20. The van der Waals surface area contributed by atoms with Crippen LogP contribution < -0.4 is 14.2 Å². The van der Waals surface area contributed by atoms with Gasteiger partial charge in [-0.15, -0.1) is 0 Å². The summed E-state index contributed by atoms with van der Waals surface area (Å²) >= 11 is 0. The summed E-state index contributed by atoms with van der Waals surface area (Å²) in [5.41, 5.74) is 3.09. The Balaban J connectivity index is 2.44. The number of hydrogen-bond acceptors (Lipinski definition) is 4. The van der Waals surface area contributed by atoms with Crippen molar-refractivity contribution in [2.24, 2.45) is 0 Å². The molecule has 0 radical (unpaired) electrons. The van der Waals surface area contributed by atoms with Crippen LogP contribution >= 0.6 is 0 Å². The maximum absolute atomic E-state index is 5.98. The maximum Gasteiger partial charge on any atom is 0.168 e. The third kappa shape index (κ3) is 4.17. The molecular formula is C19H25NO3. The summed E-state index contributed by atoms with van der Waals surface area (Å²) in [6.45, 7) is 3.54. The zero-order valence-electron chi connectivity index (χ0n) is 14.6. The number of para-hydroxylation sites is 1. The van der Waals surface area contributed by atoms with Crippen molar-refractivity contribution in [1.29, 1.82) is 0 Å². The fourth-order valence-corrected chi connectivity index (χ4v) is 2.46. The molecular weight excluding hydrogens is 290 g/mol. The zero-order chi connectivity index (χ0) is 16.8. The Morgan fingerprint density at radius 2 is 1.65 bits per heavy atom. The van der Waals surface area contributed by atoms with Crippen molar-refractivity contribution in [2.45, 2.75) is 6.92 Å². The van der Waals surface area contributed by atoms with Gasteiger partial charge in [0.1, 0.15) is 12.4 Å². The Morgan fingerprint density at radius 3 is 2.30 bits per heavy atom. The quantitative estimate of drug-likeness (QED) is 0.781. The third-order valence-electron chi connectivity index (χ3n) is 3.60. The van der Waals surface area contributed by atoms with Crippen molar-refractivity contribution < 1.29 is 14.2 Å². The van der Waals surface area contributed by atoms with Gasteiger partial charge >= 0.3 is 0 Å². The van der Waals surface area contributed by atoms with E-state index in [2.05, 4.69) is 11.0 Å². The summed E-state index contributed by atoms with van der Waals surface area (Å²) in [4.78, 5) is 2.10. The number of benzene rings is 2. The first kappa shape index (κ1) is 17.2. The van der Waals surface area contributed by atoms with E-state index in [1.807, 2.05) is 51.4 Å². The van der Waals surface area contributed by atoms with Crippen molar-refractivity contribution in [2.75, 3.05) is 41.5 Å². The van der Waals surface area contributed by atoms with E-state index >= 15 is 0 Å². The van der Waals surface area contributed by atoms with E-state index in [1.165, 1.54) is 0 Å². The van der Waals surface area contributed by atoms with E-state index in [0.29, 0.717) is 6.61 Å². The van der Waals surface area contributed by atoms with E-state index < -0.39 is 0 Å². The maximum atomic E-state index is 5.98. The second kappa shape index (κ2) is 7.88. The van der Waals surface area contributed by atoms with Crippen LogP contribution in [0.5, 0.6) is 17.2 Å². The molecule has 0 aliphatic heterocycles. The van der Waals surface area contributed by atoms with Crippen molar-refractivity contribution in [3.8, 4) is 28.4 Å². The molecule has 0 unspecified atom stereocenters. The number of nitrogens with zero attached hydrogens (tertiary/aromatic N) is 1.